The van der Waals surface area contributed by atoms with Crippen molar-refractivity contribution >= 4 is 11.8 Å². The summed E-state index contributed by atoms with van der Waals surface area (Å²) in [6.45, 7) is 4.30. The second-order valence-corrected chi connectivity index (χ2v) is 7.09. The third-order valence-corrected chi connectivity index (χ3v) is 5.60. The van der Waals surface area contributed by atoms with Gasteiger partial charge in [0.1, 0.15) is 0 Å². The average molecular weight is 313 g/mol. The molecule has 0 radical (unpaired) electrons. The molecular formula is C18H23N3O2. The monoisotopic (exact) mass is 313 g/mol. The van der Waals surface area contributed by atoms with Gasteiger partial charge in [-0.15, -0.1) is 0 Å². The van der Waals surface area contributed by atoms with Gasteiger partial charge < -0.3 is 15.5 Å². The molecule has 23 heavy (non-hydrogen) atoms. The molecule has 2 N–H and O–H groups in total. The van der Waals surface area contributed by atoms with E-state index in [2.05, 4.69) is 15.5 Å². The standard InChI is InChI=1S/C18H23N3O2/c22-16-15-10-13(2-3-14(15)4-7-19-16)11-20-17(23)18-5-1-8-21(12-18)9-6-18/h2-3,10H,1,4-9,11-12H2,(H,19,22)(H,20,23). The van der Waals surface area contributed by atoms with Crippen molar-refractivity contribution in [3.05, 3.63) is 34.9 Å². The summed E-state index contributed by atoms with van der Waals surface area (Å²) in [5.74, 6) is 0.179. The van der Waals surface area contributed by atoms with Gasteiger partial charge in [-0.2, -0.15) is 0 Å². The molecule has 5 nitrogen and oxygen atoms in total. The predicted octanol–water partition coefficient (Wildman–Crippen LogP) is 1.07. The molecule has 4 rings (SSSR count). The molecule has 1 aromatic carbocycles. The number of nitrogens with zero attached hydrogens (tertiary/aromatic N) is 1. The lowest BCUT2D eigenvalue weighted by atomic mass is 9.80. The van der Waals surface area contributed by atoms with Gasteiger partial charge in [0.05, 0.1) is 5.41 Å². The van der Waals surface area contributed by atoms with Crippen LogP contribution in [0.15, 0.2) is 18.2 Å². The highest BCUT2D eigenvalue weighted by Gasteiger charge is 2.46. The third-order valence-electron chi connectivity index (χ3n) is 5.60. The summed E-state index contributed by atoms with van der Waals surface area (Å²) in [4.78, 5) is 27.0. The summed E-state index contributed by atoms with van der Waals surface area (Å²) in [6.07, 6.45) is 3.98. The van der Waals surface area contributed by atoms with Gasteiger partial charge >= 0.3 is 0 Å². The zero-order chi connectivity index (χ0) is 15.9. The number of hydrogen-bond donors (Lipinski definition) is 2. The van der Waals surface area contributed by atoms with Crippen molar-refractivity contribution in [2.45, 2.75) is 32.2 Å². The van der Waals surface area contributed by atoms with Crippen LogP contribution in [0.4, 0.5) is 0 Å². The van der Waals surface area contributed by atoms with Crippen molar-refractivity contribution in [1.29, 1.82) is 0 Å². The van der Waals surface area contributed by atoms with E-state index < -0.39 is 0 Å². The number of fused-ring (bicyclic) bond motifs is 3. The first kappa shape index (κ1) is 14.7. The van der Waals surface area contributed by atoms with Crippen LogP contribution >= 0.6 is 0 Å². The van der Waals surface area contributed by atoms with Crippen LogP contribution in [0.25, 0.3) is 0 Å². The van der Waals surface area contributed by atoms with Gasteiger partial charge in [-0.3, -0.25) is 9.59 Å². The van der Waals surface area contributed by atoms with Crippen LogP contribution in [0.1, 0.15) is 40.7 Å². The lowest BCUT2D eigenvalue weighted by Crippen LogP contribution is -2.45. The molecule has 0 aliphatic carbocycles. The van der Waals surface area contributed by atoms with Crippen LogP contribution in [0, 0.1) is 5.41 Å². The minimum Gasteiger partial charge on any atom is -0.352 e. The van der Waals surface area contributed by atoms with Gasteiger partial charge in [0, 0.05) is 25.2 Å². The minimum absolute atomic E-state index is 0.00302. The maximum Gasteiger partial charge on any atom is 0.251 e. The molecule has 2 fully saturated rings. The maximum atomic E-state index is 12.7. The summed E-state index contributed by atoms with van der Waals surface area (Å²) in [5, 5.41) is 5.98. The van der Waals surface area contributed by atoms with E-state index >= 15 is 0 Å². The Morgan fingerprint density at radius 3 is 3.13 bits per heavy atom. The zero-order valence-corrected chi connectivity index (χ0v) is 13.4. The molecule has 3 aliphatic heterocycles. The quantitative estimate of drug-likeness (QED) is 0.878. The van der Waals surface area contributed by atoms with Crippen LogP contribution in [0.5, 0.6) is 0 Å². The Morgan fingerprint density at radius 1 is 1.30 bits per heavy atom. The second kappa shape index (κ2) is 5.64. The van der Waals surface area contributed by atoms with Gasteiger partial charge in [0.25, 0.3) is 5.91 Å². The smallest absolute Gasteiger partial charge is 0.251 e. The van der Waals surface area contributed by atoms with Crippen molar-refractivity contribution < 1.29 is 9.59 Å². The Labute approximate surface area is 136 Å². The van der Waals surface area contributed by atoms with Crippen molar-refractivity contribution in [3.63, 3.8) is 0 Å². The van der Waals surface area contributed by atoms with Gasteiger partial charge in [-0.1, -0.05) is 12.1 Å². The summed E-state index contributed by atoms with van der Waals surface area (Å²) in [6, 6.07) is 5.96. The molecule has 2 atom stereocenters. The summed E-state index contributed by atoms with van der Waals surface area (Å²) in [5.41, 5.74) is 2.67. The number of carbonyl (C=O) groups is 2. The molecule has 2 bridgehead atoms. The largest absolute Gasteiger partial charge is 0.352 e. The highest BCUT2D eigenvalue weighted by Crippen LogP contribution is 2.39. The molecular weight excluding hydrogens is 290 g/mol. The molecule has 3 heterocycles. The molecule has 0 saturated carbocycles. The average Bonchev–Trinajstić information content (AvgIpc) is 2.88. The van der Waals surface area contributed by atoms with Gasteiger partial charge in [-0.05, 0) is 56.0 Å². The number of benzene rings is 1. The van der Waals surface area contributed by atoms with E-state index in [1.54, 1.807) is 0 Å². The number of piperidine rings is 1. The fourth-order valence-electron chi connectivity index (χ4n) is 4.23. The normalized spacial score (nSPS) is 28.9. The highest BCUT2D eigenvalue weighted by atomic mass is 16.2. The number of amides is 2. The van der Waals surface area contributed by atoms with Crippen LogP contribution in [-0.4, -0.2) is 42.9 Å². The highest BCUT2D eigenvalue weighted by molar-refractivity contribution is 5.96. The third kappa shape index (κ3) is 2.63. The summed E-state index contributed by atoms with van der Waals surface area (Å²) in [7, 11) is 0. The molecule has 5 heteroatoms. The lowest BCUT2D eigenvalue weighted by molar-refractivity contribution is -0.131. The molecule has 1 aromatic rings. The van der Waals surface area contributed by atoms with Crippen molar-refractivity contribution in [3.8, 4) is 0 Å². The van der Waals surface area contributed by atoms with E-state index in [0.717, 1.165) is 62.0 Å². The summed E-state index contributed by atoms with van der Waals surface area (Å²) >= 11 is 0. The molecule has 3 aliphatic rings. The van der Waals surface area contributed by atoms with Crippen LogP contribution in [-0.2, 0) is 17.8 Å². The zero-order valence-electron chi connectivity index (χ0n) is 13.4. The molecule has 0 aromatic heterocycles. The lowest BCUT2D eigenvalue weighted by Gasteiger charge is -2.32. The SMILES string of the molecule is O=C1NCCc2ccc(CNC(=O)C34CCCN(CC3)C4)cc21. The van der Waals surface area contributed by atoms with E-state index in [0.29, 0.717) is 13.1 Å². The first-order chi connectivity index (χ1) is 11.2. The predicted molar refractivity (Wildman–Crippen MR) is 87.0 cm³/mol. The minimum atomic E-state index is -0.177. The molecule has 0 spiro atoms. The van der Waals surface area contributed by atoms with Gasteiger partial charge in [-0.25, -0.2) is 0 Å². The molecule has 2 unspecified atom stereocenters. The fraction of sp³-hybridized carbons (Fsp3) is 0.556. The molecule has 122 valence electrons. The van der Waals surface area contributed by atoms with E-state index in [1.807, 2.05) is 18.2 Å². The maximum absolute atomic E-state index is 12.7. The van der Waals surface area contributed by atoms with E-state index in [-0.39, 0.29) is 17.2 Å². The second-order valence-electron chi connectivity index (χ2n) is 7.09. The van der Waals surface area contributed by atoms with Crippen molar-refractivity contribution in [2.24, 2.45) is 5.41 Å². The Hall–Kier alpha value is -1.88. The van der Waals surface area contributed by atoms with E-state index in [4.69, 9.17) is 0 Å². The Morgan fingerprint density at radius 2 is 2.22 bits per heavy atom. The van der Waals surface area contributed by atoms with Crippen LogP contribution < -0.4 is 10.6 Å². The van der Waals surface area contributed by atoms with Gasteiger partial charge in [0.2, 0.25) is 5.91 Å². The number of nitrogens with one attached hydrogen (secondary N) is 2. The van der Waals surface area contributed by atoms with Crippen molar-refractivity contribution in [1.82, 2.24) is 15.5 Å². The molecule has 2 amide bonds. The van der Waals surface area contributed by atoms with Crippen molar-refractivity contribution in [2.75, 3.05) is 26.2 Å². The number of rotatable bonds is 3. The molecule has 2 saturated heterocycles. The first-order valence-corrected chi connectivity index (χ1v) is 8.57. The van der Waals surface area contributed by atoms with E-state index in [9.17, 15) is 9.59 Å². The summed E-state index contributed by atoms with van der Waals surface area (Å²) < 4.78 is 0. The Balaban J connectivity index is 1.44. The Kier molecular flexibility index (Phi) is 3.60. The fourth-order valence-corrected chi connectivity index (χ4v) is 4.23. The van der Waals surface area contributed by atoms with E-state index in [1.165, 1.54) is 0 Å². The number of hydrogen-bond acceptors (Lipinski definition) is 3. The Bertz CT molecular complexity index is 654. The van der Waals surface area contributed by atoms with Crippen LogP contribution in [0.3, 0.4) is 0 Å². The van der Waals surface area contributed by atoms with Gasteiger partial charge in [0.15, 0.2) is 0 Å². The topological polar surface area (TPSA) is 61.4 Å². The first-order valence-electron chi connectivity index (χ1n) is 8.57. The van der Waals surface area contributed by atoms with Crippen LogP contribution in [0.2, 0.25) is 0 Å². The number of carbonyl (C=O) groups excluding carboxylic acids is 2.